The Kier molecular flexibility index (Phi) is 4.05. The topological polar surface area (TPSA) is 95.0 Å². The average Bonchev–Trinajstić information content (AvgIpc) is 2.47. The van der Waals surface area contributed by atoms with Crippen LogP contribution in [0.1, 0.15) is 10.4 Å². The van der Waals surface area contributed by atoms with Crippen LogP contribution in [-0.4, -0.2) is 61.3 Å². The van der Waals surface area contributed by atoms with Crippen LogP contribution in [-0.2, 0) is 10.0 Å². The van der Waals surface area contributed by atoms with Crippen molar-refractivity contribution in [2.24, 2.45) is 0 Å². The molecule has 1 aromatic carbocycles. The van der Waals surface area contributed by atoms with Crippen LogP contribution in [0.15, 0.2) is 29.2 Å². The summed E-state index contributed by atoms with van der Waals surface area (Å²) >= 11 is 0. The molecule has 1 fully saturated rings. The van der Waals surface area contributed by atoms with E-state index in [0.29, 0.717) is 11.8 Å². The van der Waals surface area contributed by atoms with Gasteiger partial charge in [0.1, 0.15) is 6.29 Å². The minimum Gasteiger partial charge on any atom is -0.465 e. The van der Waals surface area contributed by atoms with E-state index in [4.69, 9.17) is 5.11 Å². The lowest BCUT2D eigenvalue weighted by Gasteiger charge is -2.32. The van der Waals surface area contributed by atoms with Crippen molar-refractivity contribution in [3.63, 3.8) is 0 Å². The molecule has 8 heteroatoms. The number of aldehydes is 1. The van der Waals surface area contributed by atoms with Gasteiger partial charge in [-0.1, -0.05) is 12.1 Å². The highest BCUT2D eigenvalue weighted by molar-refractivity contribution is 7.89. The first-order valence-corrected chi connectivity index (χ1v) is 7.42. The zero-order chi connectivity index (χ0) is 14.8. The third-order valence-corrected chi connectivity index (χ3v) is 5.08. The van der Waals surface area contributed by atoms with Crippen molar-refractivity contribution >= 4 is 22.4 Å². The molecule has 0 aliphatic carbocycles. The highest BCUT2D eigenvalue weighted by atomic mass is 32.2. The third-order valence-electron chi connectivity index (χ3n) is 3.16. The number of carboxylic acid groups (broad SMARTS) is 1. The van der Waals surface area contributed by atoms with Crippen LogP contribution in [0.5, 0.6) is 0 Å². The maximum atomic E-state index is 12.3. The fourth-order valence-electron chi connectivity index (χ4n) is 1.99. The molecule has 0 saturated carbocycles. The van der Waals surface area contributed by atoms with Crippen LogP contribution in [0.3, 0.4) is 0 Å². The molecular formula is C12H14N2O5S. The molecule has 1 saturated heterocycles. The first kappa shape index (κ1) is 14.5. The molecule has 0 aromatic heterocycles. The molecule has 1 amide bonds. The summed E-state index contributed by atoms with van der Waals surface area (Å²) in [4.78, 5) is 22.6. The van der Waals surface area contributed by atoms with E-state index in [1.54, 1.807) is 0 Å². The van der Waals surface area contributed by atoms with Gasteiger partial charge in [-0.2, -0.15) is 4.31 Å². The Morgan fingerprint density at radius 1 is 1.10 bits per heavy atom. The summed E-state index contributed by atoms with van der Waals surface area (Å²) in [5.41, 5.74) is 0.402. The smallest absolute Gasteiger partial charge is 0.407 e. The number of rotatable bonds is 3. The normalized spacial score (nSPS) is 16.9. The number of hydrogen-bond acceptors (Lipinski definition) is 4. The second-order valence-electron chi connectivity index (χ2n) is 4.36. The maximum Gasteiger partial charge on any atom is 0.407 e. The highest BCUT2D eigenvalue weighted by Gasteiger charge is 2.29. The van der Waals surface area contributed by atoms with Gasteiger partial charge in [0.05, 0.1) is 4.90 Å². The number of nitrogens with zero attached hydrogens (tertiary/aromatic N) is 2. The van der Waals surface area contributed by atoms with Gasteiger partial charge >= 0.3 is 6.09 Å². The standard InChI is InChI=1S/C12H14N2O5S/c15-9-10-1-3-11(4-2-10)20(18,19)14-7-5-13(6-8-14)12(16)17/h1-4,9H,5-8H2,(H,16,17). The summed E-state index contributed by atoms with van der Waals surface area (Å²) in [6, 6.07) is 5.63. The van der Waals surface area contributed by atoms with E-state index in [1.165, 1.54) is 33.5 Å². The molecular weight excluding hydrogens is 284 g/mol. The molecule has 0 atom stereocenters. The van der Waals surface area contributed by atoms with E-state index in [1.807, 2.05) is 0 Å². The third kappa shape index (κ3) is 2.81. The lowest BCUT2D eigenvalue weighted by molar-refractivity contribution is 0.112. The summed E-state index contributed by atoms with van der Waals surface area (Å²) in [5, 5.41) is 8.83. The molecule has 2 rings (SSSR count). The Morgan fingerprint density at radius 2 is 1.65 bits per heavy atom. The van der Waals surface area contributed by atoms with Crippen LogP contribution >= 0.6 is 0 Å². The molecule has 108 valence electrons. The number of carbonyl (C=O) groups is 2. The van der Waals surface area contributed by atoms with Gasteiger partial charge in [0.2, 0.25) is 10.0 Å². The van der Waals surface area contributed by atoms with E-state index >= 15 is 0 Å². The van der Waals surface area contributed by atoms with Crippen molar-refractivity contribution in [2.45, 2.75) is 4.90 Å². The summed E-state index contributed by atoms with van der Waals surface area (Å²) in [5.74, 6) is 0. The van der Waals surface area contributed by atoms with Crippen molar-refractivity contribution in [2.75, 3.05) is 26.2 Å². The molecule has 1 aromatic rings. The van der Waals surface area contributed by atoms with Crippen LogP contribution in [0.4, 0.5) is 4.79 Å². The Morgan fingerprint density at radius 3 is 2.10 bits per heavy atom. The molecule has 1 aliphatic rings. The van der Waals surface area contributed by atoms with E-state index < -0.39 is 16.1 Å². The van der Waals surface area contributed by atoms with Crippen molar-refractivity contribution in [1.29, 1.82) is 0 Å². The zero-order valence-corrected chi connectivity index (χ0v) is 11.4. The fourth-order valence-corrected chi connectivity index (χ4v) is 3.41. The van der Waals surface area contributed by atoms with Crippen molar-refractivity contribution in [1.82, 2.24) is 9.21 Å². The SMILES string of the molecule is O=Cc1ccc(S(=O)(=O)N2CCN(C(=O)O)CC2)cc1. The fraction of sp³-hybridized carbons (Fsp3) is 0.333. The van der Waals surface area contributed by atoms with Crippen LogP contribution in [0, 0.1) is 0 Å². The molecule has 0 unspecified atom stereocenters. The van der Waals surface area contributed by atoms with Gasteiger partial charge in [0.25, 0.3) is 0 Å². The lowest BCUT2D eigenvalue weighted by Crippen LogP contribution is -2.50. The molecule has 1 aliphatic heterocycles. The van der Waals surface area contributed by atoms with E-state index in [2.05, 4.69) is 0 Å². The van der Waals surface area contributed by atoms with Gasteiger partial charge in [0.15, 0.2) is 0 Å². The highest BCUT2D eigenvalue weighted by Crippen LogP contribution is 2.18. The predicted molar refractivity (Wildman–Crippen MR) is 70.2 cm³/mol. The van der Waals surface area contributed by atoms with Crippen LogP contribution in [0.25, 0.3) is 0 Å². The first-order valence-electron chi connectivity index (χ1n) is 5.98. The molecule has 1 heterocycles. The van der Waals surface area contributed by atoms with Crippen LogP contribution < -0.4 is 0 Å². The number of amides is 1. The van der Waals surface area contributed by atoms with E-state index in [9.17, 15) is 18.0 Å². The maximum absolute atomic E-state index is 12.3. The molecule has 0 spiro atoms. The number of benzene rings is 1. The lowest BCUT2D eigenvalue weighted by atomic mass is 10.2. The van der Waals surface area contributed by atoms with Gasteiger partial charge in [-0.3, -0.25) is 4.79 Å². The first-order chi connectivity index (χ1) is 9.45. The second-order valence-corrected chi connectivity index (χ2v) is 6.30. The van der Waals surface area contributed by atoms with Gasteiger partial charge in [-0.05, 0) is 12.1 Å². The van der Waals surface area contributed by atoms with Gasteiger partial charge in [-0.25, -0.2) is 13.2 Å². The molecule has 1 N–H and O–H groups in total. The van der Waals surface area contributed by atoms with E-state index in [-0.39, 0.29) is 31.1 Å². The number of hydrogen-bond donors (Lipinski definition) is 1. The second kappa shape index (κ2) is 5.59. The van der Waals surface area contributed by atoms with Gasteiger partial charge in [0, 0.05) is 31.7 Å². The summed E-state index contributed by atoms with van der Waals surface area (Å²) in [6.07, 6.45) is -0.403. The molecule has 20 heavy (non-hydrogen) atoms. The van der Waals surface area contributed by atoms with Gasteiger partial charge < -0.3 is 10.0 Å². The summed E-state index contributed by atoms with van der Waals surface area (Å²) < 4.78 is 25.9. The Labute approximate surface area is 116 Å². The largest absolute Gasteiger partial charge is 0.465 e. The van der Waals surface area contributed by atoms with Crippen molar-refractivity contribution < 1.29 is 23.1 Å². The summed E-state index contributed by atoms with van der Waals surface area (Å²) in [7, 11) is -3.64. The molecule has 0 radical (unpaired) electrons. The number of sulfonamides is 1. The predicted octanol–water partition coefficient (Wildman–Crippen LogP) is 0.483. The zero-order valence-electron chi connectivity index (χ0n) is 10.6. The number of carbonyl (C=O) groups excluding carboxylic acids is 1. The minimum absolute atomic E-state index is 0.104. The monoisotopic (exact) mass is 298 g/mol. The summed E-state index contributed by atoms with van der Waals surface area (Å²) in [6.45, 7) is 0.566. The number of piperazine rings is 1. The van der Waals surface area contributed by atoms with Crippen molar-refractivity contribution in [3.05, 3.63) is 29.8 Å². The molecule has 7 nitrogen and oxygen atoms in total. The van der Waals surface area contributed by atoms with Crippen LogP contribution in [0.2, 0.25) is 0 Å². The van der Waals surface area contributed by atoms with Gasteiger partial charge in [-0.15, -0.1) is 0 Å². The Hall–Kier alpha value is -1.93. The Balaban J connectivity index is 2.14. The molecule has 0 bridgehead atoms. The van der Waals surface area contributed by atoms with E-state index in [0.717, 1.165) is 0 Å². The Bertz CT molecular complexity index is 603. The quantitative estimate of drug-likeness (QED) is 0.819. The van der Waals surface area contributed by atoms with Crippen molar-refractivity contribution in [3.8, 4) is 0 Å². The average molecular weight is 298 g/mol. The minimum atomic E-state index is -3.64.